The molecule has 2 fully saturated rings. The highest BCUT2D eigenvalue weighted by atomic mass is 32.2. The number of nitrogens with two attached hydrogens (primary N) is 1. The summed E-state index contributed by atoms with van der Waals surface area (Å²) in [6.07, 6.45) is 3.55. The largest absolute Gasteiger partial charge is 0.377 e. The maximum atomic E-state index is 11.9. The minimum atomic E-state index is -0.786. The SMILES string of the molecule is CC1OCCC1S(=O)CC(N)C1CC1. The van der Waals surface area contributed by atoms with Gasteiger partial charge < -0.3 is 10.5 Å². The molecule has 4 unspecified atom stereocenters. The molecule has 4 heteroatoms. The molecule has 2 N–H and O–H groups in total. The minimum Gasteiger partial charge on any atom is -0.377 e. The Morgan fingerprint density at radius 2 is 2.21 bits per heavy atom. The molecule has 1 heterocycles. The van der Waals surface area contributed by atoms with E-state index in [1.54, 1.807) is 0 Å². The van der Waals surface area contributed by atoms with Crippen LogP contribution in [0.4, 0.5) is 0 Å². The second-order valence-electron chi connectivity index (χ2n) is 4.45. The van der Waals surface area contributed by atoms with Gasteiger partial charge in [-0.05, 0) is 32.1 Å². The lowest BCUT2D eigenvalue weighted by atomic mass is 10.2. The van der Waals surface area contributed by atoms with E-state index in [2.05, 4.69) is 0 Å². The van der Waals surface area contributed by atoms with E-state index >= 15 is 0 Å². The summed E-state index contributed by atoms with van der Waals surface area (Å²) in [7, 11) is -0.786. The van der Waals surface area contributed by atoms with Gasteiger partial charge in [0.05, 0.1) is 11.4 Å². The highest BCUT2D eigenvalue weighted by Crippen LogP contribution is 2.32. The molecule has 2 aliphatic rings. The van der Waals surface area contributed by atoms with Crippen molar-refractivity contribution in [2.45, 2.75) is 43.6 Å². The van der Waals surface area contributed by atoms with E-state index in [1.807, 2.05) is 6.92 Å². The van der Waals surface area contributed by atoms with Crippen molar-refractivity contribution < 1.29 is 8.95 Å². The molecular formula is C10H19NO2S. The number of rotatable bonds is 4. The van der Waals surface area contributed by atoms with E-state index in [0.29, 0.717) is 11.7 Å². The van der Waals surface area contributed by atoms with Crippen molar-refractivity contribution in [3.63, 3.8) is 0 Å². The van der Waals surface area contributed by atoms with Crippen molar-refractivity contribution >= 4 is 10.8 Å². The van der Waals surface area contributed by atoms with Gasteiger partial charge in [-0.1, -0.05) is 0 Å². The van der Waals surface area contributed by atoms with E-state index in [-0.39, 0.29) is 17.4 Å². The van der Waals surface area contributed by atoms with E-state index in [0.717, 1.165) is 13.0 Å². The molecule has 2 rings (SSSR count). The molecule has 0 aromatic rings. The van der Waals surface area contributed by atoms with Crippen LogP contribution in [0, 0.1) is 5.92 Å². The smallest absolute Gasteiger partial charge is 0.0691 e. The van der Waals surface area contributed by atoms with Gasteiger partial charge in [0.2, 0.25) is 0 Å². The first-order valence-electron chi connectivity index (χ1n) is 5.43. The van der Waals surface area contributed by atoms with Gasteiger partial charge in [0.15, 0.2) is 0 Å². The van der Waals surface area contributed by atoms with E-state index in [1.165, 1.54) is 12.8 Å². The number of hydrogen-bond donors (Lipinski definition) is 1. The van der Waals surface area contributed by atoms with Crippen LogP contribution in [0.2, 0.25) is 0 Å². The fourth-order valence-electron chi connectivity index (χ4n) is 2.03. The molecule has 3 nitrogen and oxygen atoms in total. The van der Waals surface area contributed by atoms with Crippen LogP contribution in [-0.2, 0) is 15.5 Å². The Labute approximate surface area is 87.8 Å². The lowest BCUT2D eigenvalue weighted by molar-refractivity contribution is 0.127. The second kappa shape index (κ2) is 4.29. The van der Waals surface area contributed by atoms with Crippen molar-refractivity contribution in [1.82, 2.24) is 0 Å². The predicted molar refractivity (Wildman–Crippen MR) is 57.5 cm³/mol. The maximum absolute atomic E-state index is 11.9. The third-order valence-corrected chi connectivity index (χ3v) is 5.24. The molecule has 0 amide bonds. The van der Waals surface area contributed by atoms with Gasteiger partial charge in [-0.3, -0.25) is 4.21 Å². The molecule has 1 saturated heterocycles. The summed E-state index contributed by atoms with van der Waals surface area (Å²) in [5.74, 6) is 1.32. The Kier molecular flexibility index (Phi) is 3.24. The van der Waals surface area contributed by atoms with Crippen LogP contribution in [0.25, 0.3) is 0 Å². The van der Waals surface area contributed by atoms with Crippen LogP contribution in [0.3, 0.4) is 0 Å². The minimum absolute atomic E-state index is 0.155. The van der Waals surface area contributed by atoms with Crippen molar-refractivity contribution in [3.05, 3.63) is 0 Å². The maximum Gasteiger partial charge on any atom is 0.0691 e. The second-order valence-corrected chi connectivity index (χ2v) is 6.15. The van der Waals surface area contributed by atoms with Crippen LogP contribution < -0.4 is 5.73 Å². The molecule has 0 radical (unpaired) electrons. The zero-order valence-electron chi connectivity index (χ0n) is 8.65. The van der Waals surface area contributed by atoms with E-state index in [4.69, 9.17) is 10.5 Å². The van der Waals surface area contributed by atoms with E-state index < -0.39 is 10.8 Å². The van der Waals surface area contributed by atoms with E-state index in [9.17, 15) is 4.21 Å². The molecule has 0 spiro atoms. The fourth-order valence-corrected chi connectivity index (χ4v) is 3.79. The number of hydrogen-bond acceptors (Lipinski definition) is 3. The molecule has 1 saturated carbocycles. The lowest BCUT2D eigenvalue weighted by Gasteiger charge is -2.16. The van der Waals surface area contributed by atoms with Crippen LogP contribution in [0.1, 0.15) is 26.2 Å². The standard InChI is InChI=1S/C10H19NO2S/c1-7-10(4-5-13-7)14(12)6-9(11)8-2-3-8/h7-10H,2-6,11H2,1H3. The summed E-state index contributed by atoms with van der Waals surface area (Å²) < 4.78 is 17.4. The third-order valence-electron chi connectivity index (χ3n) is 3.23. The molecular weight excluding hydrogens is 198 g/mol. The van der Waals surface area contributed by atoms with Crippen LogP contribution in [0.15, 0.2) is 0 Å². The molecule has 0 aromatic carbocycles. The normalized spacial score (nSPS) is 37.0. The van der Waals surface area contributed by atoms with Gasteiger partial charge in [-0.2, -0.15) is 0 Å². The fraction of sp³-hybridized carbons (Fsp3) is 1.00. The summed E-state index contributed by atoms with van der Waals surface area (Å²) in [5.41, 5.74) is 5.96. The summed E-state index contributed by atoms with van der Waals surface area (Å²) in [6, 6.07) is 0.156. The quantitative estimate of drug-likeness (QED) is 0.752. The van der Waals surface area contributed by atoms with Gasteiger partial charge in [-0.25, -0.2) is 0 Å². The average Bonchev–Trinajstić information content (AvgIpc) is 2.89. The Morgan fingerprint density at radius 3 is 2.71 bits per heavy atom. The Hall–Kier alpha value is 0.0700. The van der Waals surface area contributed by atoms with Crippen molar-refractivity contribution in [2.24, 2.45) is 11.7 Å². The Morgan fingerprint density at radius 1 is 1.50 bits per heavy atom. The van der Waals surface area contributed by atoms with Gasteiger partial charge in [0.25, 0.3) is 0 Å². The molecule has 0 bridgehead atoms. The lowest BCUT2D eigenvalue weighted by Crippen LogP contribution is -2.35. The highest BCUT2D eigenvalue weighted by Gasteiger charge is 2.34. The molecule has 4 atom stereocenters. The molecule has 14 heavy (non-hydrogen) atoms. The van der Waals surface area contributed by atoms with Gasteiger partial charge in [0.1, 0.15) is 0 Å². The zero-order chi connectivity index (χ0) is 10.1. The van der Waals surface area contributed by atoms with Crippen LogP contribution in [-0.4, -0.2) is 34.0 Å². The first-order chi connectivity index (χ1) is 6.68. The summed E-state index contributed by atoms with van der Waals surface area (Å²) >= 11 is 0. The van der Waals surface area contributed by atoms with Crippen molar-refractivity contribution in [3.8, 4) is 0 Å². The zero-order valence-corrected chi connectivity index (χ0v) is 9.46. The number of ether oxygens (including phenoxy) is 1. The third kappa shape index (κ3) is 2.35. The average molecular weight is 217 g/mol. The van der Waals surface area contributed by atoms with Gasteiger partial charge in [-0.15, -0.1) is 0 Å². The molecule has 1 aliphatic carbocycles. The van der Waals surface area contributed by atoms with Crippen molar-refractivity contribution in [1.29, 1.82) is 0 Å². The summed E-state index contributed by atoms with van der Waals surface area (Å²) in [5, 5.41) is 0.222. The van der Waals surface area contributed by atoms with Crippen LogP contribution >= 0.6 is 0 Å². The van der Waals surface area contributed by atoms with Gasteiger partial charge in [0, 0.05) is 29.2 Å². The van der Waals surface area contributed by atoms with Gasteiger partial charge >= 0.3 is 0 Å². The monoisotopic (exact) mass is 217 g/mol. The summed E-state index contributed by atoms with van der Waals surface area (Å²) in [4.78, 5) is 0. The molecule has 0 aromatic heterocycles. The van der Waals surface area contributed by atoms with Crippen LogP contribution in [0.5, 0.6) is 0 Å². The molecule has 1 aliphatic heterocycles. The molecule has 82 valence electrons. The predicted octanol–water partition coefficient (Wildman–Crippen LogP) is 0.650. The highest BCUT2D eigenvalue weighted by molar-refractivity contribution is 7.85. The Bertz CT molecular complexity index is 230. The van der Waals surface area contributed by atoms with Crippen molar-refractivity contribution in [2.75, 3.05) is 12.4 Å². The first-order valence-corrected chi connectivity index (χ1v) is 6.81. The first kappa shape index (κ1) is 10.6. The Balaban J connectivity index is 1.81. The topological polar surface area (TPSA) is 52.3 Å². The summed E-state index contributed by atoms with van der Waals surface area (Å²) in [6.45, 7) is 2.77.